The number of nitrogens with zero attached hydrogens (tertiary/aromatic N) is 2. The summed E-state index contributed by atoms with van der Waals surface area (Å²) in [5, 5.41) is 3.66. The second kappa shape index (κ2) is 7.96. The van der Waals surface area contributed by atoms with Crippen LogP contribution in [-0.2, 0) is 9.53 Å². The number of hydrogen-bond donors (Lipinski definition) is 2. The number of aromatic amines is 1. The van der Waals surface area contributed by atoms with E-state index in [0.29, 0.717) is 33.7 Å². The first-order chi connectivity index (χ1) is 12.9. The Morgan fingerprint density at radius 2 is 2.19 bits per heavy atom. The van der Waals surface area contributed by atoms with Crippen molar-refractivity contribution in [2.45, 2.75) is 31.8 Å². The van der Waals surface area contributed by atoms with Crippen LogP contribution in [0.4, 0.5) is 5.82 Å². The van der Waals surface area contributed by atoms with Crippen molar-refractivity contribution in [2.75, 3.05) is 18.2 Å². The average molecular weight is 386 g/mol. The van der Waals surface area contributed by atoms with Crippen molar-refractivity contribution in [3.8, 4) is 0 Å². The van der Waals surface area contributed by atoms with Gasteiger partial charge in [0, 0.05) is 23.8 Å². The van der Waals surface area contributed by atoms with Gasteiger partial charge in [-0.1, -0.05) is 31.7 Å². The molecular formula is C19H22N4O3S. The van der Waals surface area contributed by atoms with Crippen molar-refractivity contribution >= 4 is 23.5 Å². The quantitative estimate of drug-likeness (QED) is 0.463. The molecule has 2 aromatic rings. The van der Waals surface area contributed by atoms with Gasteiger partial charge in [-0.2, -0.15) is 0 Å². The van der Waals surface area contributed by atoms with Gasteiger partial charge in [-0.15, -0.1) is 0 Å². The number of esters is 1. The van der Waals surface area contributed by atoms with Crippen LogP contribution >= 0.6 is 11.8 Å². The van der Waals surface area contributed by atoms with Crippen LogP contribution in [0.1, 0.15) is 37.8 Å². The zero-order chi connectivity index (χ0) is 19.6. The molecule has 1 aliphatic rings. The number of ether oxygens (including phenoxy) is 1. The van der Waals surface area contributed by atoms with Gasteiger partial charge in [0.25, 0.3) is 5.56 Å². The molecule has 0 saturated heterocycles. The standard InChI is InChI=1S/C19H22N4O3S/c1-10(2)9-27-19-22-16-15(17(24)23-19)14(12-6-5-7-20-8-12)13(11(3)21-16)18(25)26-4/h5-8,10,14H,9H2,1-4H3,(H2,21,22,23,24)/t14-/m1/s1. The van der Waals surface area contributed by atoms with E-state index in [1.165, 1.54) is 18.9 Å². The number of anilines is 1. The molecule has 2 N–H and O–H groups in total. The third-order valence-corrected chi connectivity index (χ3v) is 5.50. The summed E-state index contributed by atoms with van der Waals surface area (Å²) < 4.78 is 4.96. The second-order valence-corrected chi connectivity index (χ2v) is 7.72. The molecule has 0 amide bonds. The molecule has 0 fully saturated rings. The Morgan fingerprint density at radius 3 is 2.81 bits per heavy atom. The number of carbonyl (C=O) groups is 1. The summed E-state index contributed by atoms with van der Waals surface area (Å²) in [6.07, 6.45) is 3.30. The largest absolute Gasteiger partial charge is 0.466 e. The van der Waals surface area contributed by atoms with Crippen molar-refractivity contribution in [3.05, 3.63) is 57.3 Å². The van der Waals surface area contributed by atoms with Crippen molar-refractivity contribution in [2.24, 2.45) is 5.92 Å². The van der Waals surface area contributed by atoms with Crippen molar-refractivity contribution in [3.63, 3.8) is 0 Å². The highest BCUT2D eigenvalue weighted by Gasteiger charge is 2.36. The molecule has 3 rings (SSSR count). The minimum absolute atomic E-state index is 0.276. The summed E-state index contributed by atoms with van der Waals surface area (Å²) in [5.41, 5.74) is 1.84. The average Bonchev–Trinajstić information content (AvgIpc) is 2.65. The summed E-state index contributed by atoms with van der Waals surface area (Å²) >= 11 is 1.50. The number of allylic oxidation sites excluding steroid dienone is 1. The summed E-state index contributed by atoms with van der Waals surface area (Å²) in [7, 11) is 1.33. The lowest BCUT2D eigenvalue weighted by Gasteiger charge is -2.28. The van der Waals surface area contributed by atoms with Gasteiger partial charge < -0.3 is 15.0 Å². The lowest BCUT2D eigenvalue weighted by Crippen LogP contribution is -2.31. The summed E-state index contributed by atoms with van der Waals surface area (Å²) in [6.45, 7) is 5.99. The maximum Gasteiger partial charge on any atom is 0.336 e. The van der Waals surface area contributed by atoms with Crippen LogP contribution in [-0.4, -0.2) is 33.8 Å². The minimum atomic E-state index is -0.595. The zero-order valence-electron chi connectivity index (χ0n) is 15.7. The predicted molar refractivity (Wildman–Crippen MR) is 105 cm³/mol. The first-order valence-corrected chi connectivity index (χ1v) is 9.64. The Hall–Kier alpha value is -2.61. The molecule has 0 aliphatic carbocycles. The fourth-order valence-corrected chi connectivity index (χ4v) is 3.82. The van der Waals surface area contributed by atoms with Gasteiger partial charge in [0.15, 0.2) is 5.16 Å². The van der Waals surface area contributed by atoms with E-state index in [1.807, 2.05) is 6.07 Å². The molecule has 0 unspecified atom stereocenters. The maximum absolute atomic E-state index is 12.9. The lowest BCUT2D eigenvalue weighted by molar-refractivity contribution is -0.136. The molecule has 0 saturated carbocycles. The highest BCUT2D eigenvalue weighted by molar-refractivity contribution is 7.99. The van der Waals surface area contributed by atoms with Crippen molar-refractivity contribution in [1.82, 2.24) is 15.0 Å². The van der Waals surface area contributed by atoms with Crippen LogP contribution < -0.4 is 10.9 Å². The highest BCUT2D eigenvalue weighted by atomic mass is 32.2. The smallest absolute Gasteiger partial charge is 0.336 e. The van der Waals surface area contributed by atoms with Gasteiger partial charge in [0.2, 0.25) is 0 Å². The molecule has 7 nitrogen and oxygen atoms in total. The monoisotopic (exact) mass is 386 g/mol. The normalized spacial score (nSPS) is 16.1. The van der Waals surface area contributed by atoms with Gasteiger partial charge in [-0.25, -0.2) is 9.78 Å². The van der Waals surface area contributed by atoms with E-state index in [4.69, 9.17) is 4.74 Å². The fourth-order valence-electron chi connectivity index (χ4n) is 3.01. The van der Waals surface area contributed by atoms with Gasteiger partial charge in [-0.3, -0.25) is 9.78 Å². The number of thioether (sulfide) groups is 1. The number of nitrogens with one attached hydrogen (secondary N) is 2. The van der Waals surface area contributed by atoms with Gasteiger partial charge in [0.1, 0.15) is 5.82 Å². The third kappa shape index (κ3) is 3.90. The molecule has 0 aromatic carbocycles. The van der Waals surface area contributed by atoms with Gasteiger partial charge in [-0.05, 0) is 24.5 Å². The van der Waals surface area contributed by atoms with Gasteiger partial charge in [0.05, 0.1) is 24.2 Å². The van der Waals surface area contributed by atoms with Crippen LogP contribution in [0.15, 0.2) is 45.7 Å². The number of hydrogen-bond acceptors (Lipinski definition) is 7. The Labute approximate surface area is 161 Å². The van der Waals surface area contributed by atoms with E-state index in [-0.39, 0.29) is 5.56 Å². The number of pyridine rings is 1. The minimum Gasteiger partial charge on any atom is -0.466 e. The first kappa shape index (κ1) is 19.2. The van der Waals surface area contributed by atoms with E-state index < -0.39 is 11.9 Å². The third-order valence-electron chi connectivity index (χ3n) is 4.20. The Morgan fingerprint density at radius 1 is 1.41 bits per heavy atom. The molecule has 1 atom stereocenters. The van der Waals surface area contributed by atoms with Crippen LogP contribution in [0.2, 0.25) is 0 Å². The van der Waals surface area contributed by atoms with Gasteiger partial charge >= 0.3 is 5.97 Å². The molecular weight excluding hydrogens is 364 g/mol. The fraction of sp³-hybridized carbons (Fsp3) is 0.368. The molecule has 0 spiro atoms. The number of rotatable bonds is 5. The SMILES string of the molecule is COC(=O)C1=C(C)Nc2nc(SCC(C)C)[nH]c(=O)c2[C@@H]1c1cccnc1. The Bertz CT molecular complexity index is 938. The molecule has 3 heterocycles. The molecule has 2 aromatic heterocycles. The number of methoxy groups -OCH3 is 1. The Kier molecular flexibility index (Phi) is 5.65. The number of H-pyrrole nitrogens is 1. The molecule has 142 valence electrons. The van der Waals surface area contributed by atoms with E-state index >= 15 is 0 Å². The molecule has 8 heteroatoms. The van der Waals surface area contributed by atoms with Crippen LogP contribution in [0.5, 0.6) is 0 Å². The maximum atomic E-state index is 12.9. The van der Waals surface area contributed by atoms with Crippen molar-refractivity contribution < 1.29 is 9.53 Å². The molecule has 1 aliphatic heterocycles. The van der Waals surface area contributed by atoms with Crippen molar-refractivity contribution in [1.29, 1.82) is 0 Å². The van der Waals surface area contributed by atoms with Crippen LogP contribution in [0.25, 0.3) is 0 Å². The zero-order valence-corrected chi connectivity index (χ0v) is 16.5. The first-order valence-electron chi connectivity index (χ1n) is 8.65. The number of fused-ring (bicyclic) bond motifs is 1. The van der Waals surface area contributed by atoms with E-state index in [0.717, 1.165) is 11.3 Å². The Balaban J connectivity index is 2.15. The molecule has 0 radical (unpaired) electrons. The van der Waals surface area contributed by atoms with Crippen LogP contribution in [0, 0.1) is 5.92 Å². The predicted octanol–water partition coefficient (Wildman–Crippen LogP) is 2.92. The highest BCUT2D eigenvalue weighted by Crippen LogP contribution is 2.39. The summed E-state index contributed by atoms with van der Waals surface area (Å²) in [4.78, 5) is 36.9. The summed E-state index contributed by atoms with van der Waals surface area (Å²) in [6, 6.07) is 3.61. The molecule has 0 bridgehead atoms. The topological polar surface area (TPSA) is 97.0 Å². The van der Waals surface area contributed by atoms with E-state index in [1.54, 1.807) is 25.4 Å². The second-order valence-electron chi connectivity index (χ2n) is 6.71. The summed E-state index contributed by atoms with van der Waals surface area (Å²) in [5.74, 6) is 0.694. The molecule has 27 heavy (non-hydrogen) atoms. The number of carbonyl (C=O) groups excluding carboxylic acids is 1. The van der Waals surface area contributed by atoms with E-state index in [2.05, 4.69) is 34.1 Å². The number of aromatic nitrogens is 3. The van der Waals surface area contributed by atoms with Crippen LogP contribution in [0.3, 0.4) is 0 Å². The lowest BCUT2D eigenvalue weighted by atomic mass is 9.83. The van der Waals surface area contributed by atoms with E-state index in [9.17, 15) is 9.59 Å².